The van der Waals surface area contributed by atoms with Crippen molar-refractivity contribution in [1.82, 2.24) is 20.3 Å². The van der Waals surface area contributed by atoms with Crippen LogP contribution in [0.5, 0.6) is 0 Å². The van der Waals surface area contributed by atoms with Crippen LogP contribution in [0.3, 0.4) is 0 Å². The van der Waals surface area contributed by atoms with Gasteiger partial charge < -0.3 is 10.1 Å². The van der Waals surface area contributed by atoms with Gasteiger partial charge in [0.25, 0.3) is 0 Å². The van der Waals surface area contributed by atoms with Crippen LogP contribution in [-0.4, -0.2) is 49.2 Å². The van der Waals surface area contributed by atoms with Gasteiger partial charge in [0.15, 0.2) is 0 Å². The van der Waals surface area contributed by atoms with E-state index in [0.29, 0.717) is 18.2 Å². The Morgan fingerprint density at radius 3 is 2.69 bits per heavy atom. The molecule has 1 aliphatic heterocycles. The summed E-state index contributed by atoms with van der Waals surface area (Å²) in [7, 11) is -4.73. The van der Waals surface area contributed by atoms with Crippen LogP contribution in [0.15, 0.2) is 35.4 Å². The van der Waals surface area contributed by atoms with Crippen LogP contribution in [0, 0.1) is 0 Å². The third kappa shape index (κ3) is 6.17. The summed E-state index contributed by atoms with van der Waals surface area (Å²) in [6.45, 7) is 2.37. The molecule has 0 radical (unpaired) electrons. The number of rotatable bonds is 6. The fourth-order valence-electron chi connectivity index (χ4n) is 2.62. The molecule has 11 heteroatoms. The third-order valence-electron chi connectivity index (χ3n) is 3.94. The number of nitrogens with zero attached hydrogens (tertiary/aromatic N) is 3. The van der Waals surface area contributed by atoms with Gasteiger partial charge in [0.2, 0.25) is 0 Å². The largest absolute Gasteiger partial charge is 0.381 e. The number of ether oxygens (including phenoxy) is 1. The molecule has 0 amide bonds. The van der Waals surface area contributed by atoms with Crippen molar-refractivity contribution in [3.05, 3.63) is 36.2 Å². The minimum Gasteiger partial charge on any atom is -0.381 e. The van der Waals surface area contributed by atoms with E-state index in [2.05, 4.69) is 15.6 Å². The highest BCUT2D eigenvalue weighted by atomic mass is 35.5. The first-order chi connectivity index (χ1) is 11.5. The van der Waals surface area contributed by atoms with Crippen molar-refractivity contribution in [3.8, 4) is 5.69 Å². The quantitative estimate of drug-likeness (QED) is 0.711. The third-order valence-corrected chi connectivity index (χ3v) is 4.76. The Bertz CT molecular complexity index is 798. The molecule has 1 aromatic carbocycles. The molecular weight excluding hydrogens is 406 g/mol. The Morgan fingerprint density at radius 2 is 2.00 bits per heavy atom. The SMILES string of the molecule is Cl.Cl.O=S(=O)(F)c1cccc(-n2cc(CCNC3CCOCC3)nn2)c1. The van der Waals surface area contributed by atoms with Gasteiger partial charge in [-0.1, -0.05) is 11.3 Å². The second-order valence-corrected chi connectivity index (χ2v) is 7.03. The van der Waals surface area contributed by atoms with Crippen molar-refractivity contribution in [1.29, 1.82) is 0 Å². The van der Waals surface area contributed by atoms with E-state index >= 15 is 0 Å². The van der Waals surface area contributed by atoms with Gasteiger partial charge in [-0.2, -0.15) is 8.42 Å². The molecule has 1 aromatic heterocycles. The predicted molar refractivity (Wildman–Crippen MR) is 99.7 cm³/mol. The second-order valence-electron chi connectivity index (χ2n) is 5.68. The zero-order chi connectivity index (χ0) is 17.0. The lowest BCUT2D eigenvalue weighted by Gasteiger charge is -2.22. The van der Waals surface area contributed by atoms with Gasteiger partial charge in [-0.15, -0.1) is 33.8 Å². The maximum absolute atomic E-state index is 13.1. The summed E-state index contributed by atoms with van der Waals surface area (Å²) in [5.74, 6) is 0. The number of aromatic nitrogens is 3. The van der Waals surface area contributed by atoms with Gasteiger partial charge in [0, 0.05) is 32.2 Å². The summed E-state index contributed by atoms with van der Waals surface area (Å²) in [6, 6.07) is 6.02. The first-order valence-corrected chi connectivity index (χ1v) is 9.18. The molecule has 2 aromatic rings. The molecule has 0 bridgehead atoms. The van der Waals surface area contributed by atoms with Gasteiger partial charge in [0.1, 0.15) is 4.90 Å². The monoisotopic (exact) mass is 426 g/mol. The maximum atomic E-state index is 13.1. The van der Waals surface area contributed by atoms with Gasteiger partial charge in [-0.05, 0) is 31.0 Å². The van der Waals surface area contributed by atoms with Crippen LogP contribution in [-0.2, 0) is 21.4 Å². The van der Waals surface area contributed by atoms with Crippen LogP contribution in [0.2, 0.25) is 0 Å². The summed E-state index contributed by atoms with van der Waals surface area (Å²) in [6.07, 6.45) is 4.45. The van der Waals surface area contributed by atoms with Gasteiger partial charge in [-0.25, -0.2) is 4.68 Å². The first-order valence-electron chi connectivity index (χ1n) is 7.80. The lowest BCUT2D eigenvalue weighted by molar-refractivity contribution is 0.0782. The van der Waals surface area contributed by atoms with E-state index in [0.717, 1.165) is 38.3 Å². The predicted octanol–water partition coefficient (Wildman–Crippen LogP) is 2.08. The van der Waals surface area contributed by atoms with Crippen LogP contribution < -0.4 is 5.32 Å². The minimum absolute atomic E-state index is 0. The van der Waals surface area contributed by atoms with Crippen LogP contribution >= 0.6 is 24.8 Å². The van der Waals surface area contributed by atoms with E-state index in [1.165, 1.54) is 22.9 Å². The number of halogens is 3. The summed E-state index contributed by atoms with van der Waals surface area (Å²) in [5.41, 5.74) is 1.23. The van der Waals surface area contributed by atoms with Gasteiger partial charge in [-0.3, -0.25) is 0 Å². The summed E-state index contributed by atoms with van der Waals surface area (Å²) in [4.78, 5) is -0.391. The topological polar surface area (TPSA) is 86.1 Å². The van der Waals surface area contributed by atoms with Crippen LogP contribution in [0.25, 0.3) is 5.69 Å². The van der Waals surface area contributed by atoms with Gasteiger partial charge in [0.05, 0.1) is 17.6 Å². The number of hydrogen-bond acceptors (Lipinski definition) is 6. The number of benzene rings is 1. The molecular formula is C15H21Cl2FN4O3S. The molecule has 26 heavy (non-hydrogen) atoms. The fraction of sp³-hybridized carbons (Fsp3) is 0.467. The van der Waals surface area contributed by atoms with Crippen molar-refractivity contribution in [3.63, 3.8) is 0 Å². The Morgan fingerprint density at radius 1 is 1.27 bits per heavy atom. The summed E-state index contributed by atoms with van der Waals surface area (Å²) in [5, 5.41) is 11.5. The lowest BCUT2D eigenvalue weighted by Crippen LogP contribution is -2.35. The second kappa shape index (κ2) is 10.2. The molecule has 0 aliphatic carbocycles. The summed E-state index contributed by atoms with van der Waals surface area (Å²) >= 11 is 0. The average Bonchev–Trinajstić information content (AvgIpc) is 3.04. The fourth-order valence-corrected chi connectivity index (χ4v) is 3.13. The Kier molecular flexibility index (Phi) is 8.91. The average molecular weight is 427 g/mol. The minimum atomic E-state index is -4.73. The maximum Gasteiger partial charge on any atom is 0.332 e. The molecule has 1 saturated heterocycles. The molecule has 1 aliphatic rings. The Hall–Kier alpha value is -1.26. The highest BCUT2D eigenvalue weighted by Gasteiger charge is 2.14. The van der Waals surface area contributed by atoms with E-state index < -0.39 is 15.1 Å². The van der Waals surface area contributed by atoms with E-state index in [9.17, 15) is 12.3 Å². The van der Waals surface area contributed by atoms with Crippen LogP contribution in [0.1, 0.15) is 18.5 Å². The van der Waals surface area contributed by atoms with Crippen LogP contribution in [0.4, 0.5) is 3.89 Å². The highest BCUT2D eigenvalue weighted by Crippen LogP contribution is 2.16. The molecule has 7 nitrogen and oxygen atoms in total. The molecule has 2 heterocycles. The van der Waals surface area contributed by atoms with Gasteiger partial charge >= 0.3 is 10.2 Å². The van der Waals surface area contributed by atoms with Crippen molar-refractivity contribution < 1.29 is 17.0 Å². The zero-order valence-corrected chi connectivity index (χ0v) is 16.3. The summed E-state index contributed by atoms with van der Waals surface area (Å²) < 4.78 is 41.8. The van der Waals surface area contributed by atoms with Crippen molar-refractivity contribution in [2.75, 3.05) is 19.8 Å². The molecule has 1 fully saturated rings. The van der Waals surface area contributed by atoms with E-state index in [4.69, 9.17) is 4.74 Å². The van der Waals surface area contributed by atoms with Crippen molar-refractivity contribution in [2.45, 2.75) is 30.2 Å². The molecule has 3 rings (SSSR count). The smallest absolute Gasteiger partial charge is 0.332 e. The molecule has 0 saturated carbocycles. The number of nitrogens with one attached hydrogen (secondary N) is 1. The molecule has 1 N–H and O–H groups in total. The first kappa shape index (κ1) is 22.8. The normalized spacial score (nSPS) is 15.1. The van der Waals surface area contributed by atoms with E-state index in [1.54, 1.807) is 12.3 Å². The van der Waals surface area contributed by atoms with E-state index in [1.807, 2.05) is 0 Å². The standard InChI is InChI=1S/C15H19FN4O3S.2ClH/c16-24(21,22)15-3-1-2-14(10-15)20-11-13(18-19-20)4-7-17-12-5-8-23-9-6-12;;/h1-3,10-12,17H,4-9H2;2*1H. The molecule has 0 unspecified atom stereocenters. The Balaban J connectivity index is 0.00000169. The molecule has 0 spiro atoms. The highest BCUT2D eigenvalue weighted by molar-refractivity contribution is 7.86. The lowest BCUT2D eigenvalue weighted by atomic mass is 10.1. The Labute approximate surface area is 164 Å². The van der Waals surface area contributed by atoms with E-state index in [-0.39, 0.29) is 24.8 Å². The van der Waals surface area contributed by atoms with Crippen molar-refractivity contribution in [2.24, 2.45) is 0 Å². The van der Waals surface area contributed by atoms with Crippen molar-refractivity contribution >= 4 is 35.0 Å². The zero-order valence-electron chi connectivity index (χ0n) is 13.9. The molecule has 146 valence electrons. The molecule has 0 atom stereocenters. The number of hydrogen-bond donors (Lipinski definition) is 1.